The fourth-order valence-corrected chi connectivity index (χ4v) is 2.01. The summed E-state index contributed by atoms with van der Waals surface area (Å²) in [4.78, 5) is 21.9. The minimum Gasteiger partial charge on any atom is -0.320 e. The van der Waals surface area contributed by atoms with Crippen LogP contribution in [0.15, 0.2) is 53.0 Å². The Hall–Kier alpha value is -2.54. The number of carbonyl (C=O) groups excluding carboxylic acids is 1. The van der Waals surface area contributed by atoms with Gasteiger partial charge in [0.05, 0.1) is 10.6 Å². The number of rotatable bonds is 4. The first-order chi connectivity index (χ1) is 10.5. The molecule has 0 saturated carbocycles. The molecule has 0 aromatic heterocycles. The molecule has 2 rings (SSSR count). The zero-order valence-electron chi connectivity index (χ0n) is 11.1. The molecular weight excluding hydrogens is 355 g/mol. The molecule has 0 spiro atoms. The number of hydrogen-bond donors (Lipinski definition) is 1. The van der Waals surface area contributed by atoms with Crippen molar-refractivity contribution in [2.45, 2.75) is 0 Å². The van der Waals surface area contributed by atoms with Gasteiger partial charge in [0.25, 0.3) is 5.69 Å². The zero-order chi connectivity index (χ0) is 16.1. The van der Waals surface area contributed by atoms with Crippen LogP contribution >= 0.6 is 15.9 Å². The maximum atomic E-state index is 13.6. The van der Waals surface area contributed by atoms with Gasteiger partial charge < -0.3 is 5.32 Å². The van der Waals surface area contributed by atoms with Gasteiger partial charge in [0, 0.05) is 22.7 Å². The highest BCUT2D eigenvalue weighted by atomic mass is 79.9. The van der Waals surface area contributed by atoms with E-state index in [4.69, 9.17) is 0 Å². The Labute approximate surface area is 133 Å². The van der Waals surface area contributed by atoms with Gasteiger partial charge in [-0.2, -0.15) is 0 Å². The summed E-state index contributed by atoms with van der Waals surface area (Å²) in [6, 6.07) is 10.1. The van der Waals surface area contributed by atoms with Crippen LogP contribution in [0.25, 0.3) is 6.08 Å². The van der Waals surface area contributed by atoms with Crippen LogP contribution < -0.4 is 5.32 Å². The van der Waals surface area contributed by atoms with Crippen LogP contribution in [-0.2, 0) is 4.79 Å². The molecule has 0 aliphatic carbocycles. The Kier molecular flexibility index (Phi) is 5.00. The summed E-state index contributed by atoms with van der Waals surface area (Å²) in [5.74, 6) is -1.10. The molecule has 0 heterocycles. The molecule has 0 unspecified atom stereocenters. The second kappa shape index (κ2) is 6.95. The van der Waals surface area contributed by atoms with Crippen molar-refractivity contribution in [1.29, 1.82) is 0 Å². The maximum absolute atomic E-state index is 13.6. The number of nitrogens with one attached hydrogen (secondary N) is 1. The highest BCUT2D eigenvalue weighted by Crippen LogP contribution is 2.19. The summed E-state index contributed by atoms with van der Waals surface area (Å²) in [5.41, 5.74) is 0.485. The van der Waals surface area contributed by atoms with Gasteiger partial charge in [-0.3, -0.25) is 14.9 Å². The van der Waals surface area contributed by atoms with E-state index in [-0.39, 0.29) is 11.4 Å². The standard InChI is InChI=1S/C15H10BrFN2O3/c16-11-5-6-14(13(17)9-11)18-15(20)7-4-10-2-1-3-12(8-10)19(21)22/h1-9H,(H,18,20)/b7-4+. The van der Waals surface area contributed by atoms with Crippen molar-refractivity contribution in [2.24, 2.45) is 0 Å². The van der Waals surface area contributed by atoms with Crippen molar-refractivity contribution in [3.05, 3.63) is 74.5 Å². The highest BCUT2D eigenvalue weighted by Gasteiger charge is 2.06. The first kappa shape index (κ1) is 15.8. The largest absolute Gasteiger partial charge is 0.320 e. The molecule has 5 nitrogen and oxygen atoms in total. The van der Waals surface area contributed by atoms with E-state index in [0.717, 1.165) is 0 Å². The minimum absolute atomic E-state index is 0.0527. The number of halogens is 2. The first-order valence-corrected chi connectivity index (χ1v) is 6.93. The lowest BCUT2D eigenvalue weighted by Gasteiger charge is -2.03. The summed E-state index contributed by atoms with van der Waals surface area (Å²) in [5, 5.41) is 13.0. The second-order valence-electron chi connectivity index (χ2n) is 4.30. The normalized spacial score (nSPS) is 10.6. The molecule has 0 fully saturated rings. The fraction of sp³-hybridized carbons (Fsp3) is 0. The molecule has 0 aliphatic rings. The Bertz CT molecular complexity index is 762. The van der Waals surface area contributed by atoms with Crippen LogP contribution in [0.4, 0.5) is 15.8 Å². The van der Waals surface area contributed by atoms with E-state index in [1.54, 1.807) is 12.1 Å². The summed E-state index contributed by atoms with van der Waals surface area (Å²) < 4.78 is 14.1. The van der Waals surface area contributed by atoms with Crippen LogP contribution in [0.1, 0.15) is 5.56 Å². The van der Waals surface area contributed by atoms with E-state index in [9.17, 15) is 19.3 Å². The Morgan fingerprint density at radius 2 is 2.05 bits per heavy atom. The third-order valence-corrected chi connectivity index (χ3v) is 3.19. The van der Waals surface area contributed by atoms with Gasteiger partial charge in [-0.25, -0.2) is 4.39 Å². The Balaban J connectivity index is 2.08. The number of non-ortho nitro benzene ring substituents is 1. The van der Waals surface area contributed by atoms with Crippen LogP contribution in [0.3, 0.4) is 0 Å². The average Bonchev–Trinajstić information content (AvgIpc) is 2.48. The first-order valence-electron chi connectivity index (χ1n) is 6.14. The molecule has 0 aliphatic heterocycles. The third-order valence-electron chi connectivity index (χ3n) is 2.70. The average molecular weight is 365 g/mol. The number of hydrogen-bond acceptors (Lipinski definition) is 3. The molecular formula is C15H10BrFN2O3. The molecule has 1 amide bonds. The molecule has 112 valence electrons. The molecule has 22 heavy (non-hydrogen) atoms. The molecule has 1 N–H and O–H groups in total. The lowest BCUT2D eigenvalue weighted by molar-refractivity contribution is -0.384. The predicted octanol–water partition coefficient (Wildman–Crippen LogP) is 4.15. The Morgan fingerprint density at radius 3 is 2.73 bits per heavy atom. The van der Waals surface area contributed by atoms with E-state index in [0.29, 0.717) is 10.0 Å². The number of nitrogens with zero attached hydrogens (tertiary/aromatic N) is 1. The number of nitro benzene ring substituents is 1. The lowest BCUT2D eigenvalue weighted by Crippen LogP contribution is -2.09. The van der Waals surface area contributed by atoms with Gasteiger partial charge in [-0.05, 0) is 29.8 Å². The summed E-state index contributed by atoms with van der Waals surface area (Å²) >= 11 is 3.12. The number of carbonyl (C=O) groups is 1. The van der Waals surface area contributed by atoms with Gasteiger partial charge in [0.1, 0.15) is 5.82 Å². The van der Waals surface area contributed by atoms with Crippen LogP contribution in [0, 0.1) is 15.9 Å². The van der Waals surface area contributed by atoms with Gasteiger partial charge >= 0.3 is 0 Å². The van der Waals surface area contributed by atoms with E-state index in [1.807, 2.05) is 0 Å². The number of anilines is 1. The number of amides is 1. The van der Waals surface area contributed by atoms with Crippen LogP contribution in [0.2, 0.25) is 0 Å². The van der Waals surface area contributed by atoms with Crippen LogP contribution in [0.5, 0.6) is 0 Å². The maximum Gasteiger partial charge on any atom is 0.270 e. The molecule has 0 saturated heterocycles. The van der Waals surface area contributed by atoms with Gasteiger partial charge in [0.2, 0.25) is 5.91 Å². The number of nitro groups is 1. The molecule has 7 heteroatoms. The van der Waals surface area contributed by atoms with Gasteiger partial charge in [-0.15, -0.1) is 0 Å². The Morgan fingerprint density at radius 1 is 1.27 bits per heavy atom. The fourth-order valence-electron chi connectivity index (χ4n) is 1.68. The van der Waals surface area contributed by atoms with E-state index < -0.39 is 16.6 Å². The van der Waals surface area contributed by atoms with Crippen LogP contribution in [-0.4, -0.2) is 10.8 Å². The smallest absolute Gasteiger partial charge is 0.270 e. The number of benzene rings is 2. The summed E-state index contributed by atoms with van der Waals surface area (Å²) in [6.45, 7) is 0. The van der Waals surface area contributed by atoms with E-state index in [1.165, 1.54) is 42.5 Å². The minimum atomic E-state index is -0.563. The summed E-state index contributed by atoms with van der Waals surface area (Å²) in [7, 11) is 0. The summed E-state index contributed by atoms with van der Waals surface area (Å²) in [6.07, 6.45) is 2.60. The topological polar surface area (TPSA) is 72.2 Å². The molecule has 2 aromatic carbocycles. The second-order valence-corrected chi connectivity index (χ2v) is 5.21. The highest BCUT2D eigenvalue weighted by molar-refractivity contribution is 9.10. The molecule has 0 radical (unpaired) electrons. The van der Waals surface area contributed by atoms with E-state index >= 15 is 0 Å². The van der Waals surface area contributed by atoms with Crippen molar-refractivity contribution in [1.82, 2.24) is 0 Å². The SMILES string of the molecule is O=C(/C=C/c1cccc([N+](=O)[O-])c1)Nc1ccc(Br)cc1F. The quantitative estimate of drug-likeness (QED) is 0.503. The van der Waals surface area contributed by atoms with Gasteiger partial charge in [0.15, 0.2) is 0 Å². The lowest BCUT2D eigenvalue weighted by atomic mass is 10.2. The third kappa shape index (κ3) is 4.23. The molecule has 0 bridgehead atoms. The van der Waals surface area contributed by atoms with Crippen molar-refractivity contribution >= 4 is 39.3 Å². The van der Waals surface area contributed by atoms with Gasteiger partial charge in [-0.1, -0.05) is 28.1 Å². The monoisotopic (exact) mass is 364 g/mol. The zero-order valence-corrected chi connectivity index (χ0v) is 12.7. The van der Waals surface area contributed by atoms with Crippen molar-refractivity contribution < 1.29 is 14.1 Å². The molecule has 2 aromatic rings. The van der Waals surface area contributed by atoms with Crippen molar-refractivity contribution in [3.8, 4) is 0 Å². The van der Waals surface area contributed by atoms with Crippen molar-refractivity contribution in [2.75, 3.05) is 5.32 Å². The predicted molar refractivity (Wildman–Crippen MR) is 84.9 cm³/mol. The molecule has 0 atom stereocenters. The van der Waals surface area contributed by atoms with Crippen molar-refractivity contribution in [3.63, 3.8) is 0 Å². The van der Waals surface area contributed by atoms with E-state index in [2.05, 4.69) is 21.2 Å².